The molecule has 0 bridgehead atoms. The van der Waals surface area contributed by atoms with Crippen molar-refractivity contribution in [1.29, 1.82) is 0 Å². The first-order valence-corrected chi connectivity index (χ1v) is 11.3. The summed E-state index contributed by atoms with van der Waals surface area (Å²) in [5.41, 5.74) is 4.59. The SMILES string of the molecule is O=C(NCCCN1Cc2ccccc2CC1Cc1ccc(F)cc1)Nc1ccc(Cl)cc1. The summed E-state index contributed by atoms with van der Waals surface area (Å²) in [4.78, 5) is 14.6. The van der Waals surface area contributed by atoms with Crippen molar-refractivity contribution >= 4 is 23.3 Å². The van der Waals surface area contributed by atoms with Gasteiger partial charge in [-0.25, -0.2) is 9.18 Å². The number of carbonyl (C=O) groups excluding carboxylic acids is 1. The van der Waals surface area contributed by atoms with Crippen LogP contribution in [0.2, 0.25) is 5.02 Å². The molecule has 0 aliphatic carbocycles. The summed E-state index contributed by atoms with van der Waals surface area (Å²) in [6.07, 6.45) is 2.69. The zero-order chi connectivity index (χ0) is 22.3. The second kappa shape index (κ2) is 10.6. The predicted molar refractivity (Wildman–Crippen MR) is 128 cm³/mol. The summed E-state index contributed by atoms with van der Waals surface area (Å²) >= 11 is 5.88. The molecule has 6 heteroatoms. The quantitative estimate of drug-likeness (QED) is 0.455. The van der Waals surface area contributed by atoms with Crippen molar-refractivity contribution in [2.45, 2.75) is 31.8 Å². The number of rotatable bonds is 7. The molecule has 1 aliphatic rings. The molecule has 0 saturated carbocycles. The van der Waals surface area contributed by atoms with E-state index in [1.54, 1.807) is 24.3 Å². The number of amides is 2. The molecule has 1 heterocycles. The average molecular weight is 452 g/mol. The number of halogens is 2. The minimum absolute atomic E-state index is 0.206. The van der Waals surface area contributed by atoms with E-state index in [0.717, 1.165) is 37.9 Å². The summed E-state index contributed by atoms with van der Waals surface area (Å²) in [7, 11) is 0. The van der Waals surface area contributed by atoms with Gasteiger partial charge in [-0.3, -0.25) is 4.90 Å². The number of anilines is 1. The normalized spacial score (nSPS) is 15.8. The number of urea groups is 1. The number of benzene rings is 3. The van der Waals surface area contributed by atoms with Crippen LogP contribution in [0.5, 0.6) is 0 Å². The van der Waals surface area contributed by atoms with Crippen molar-refractivity contribution in [1.82, 2.24) is 10.2 Å². The van der Waals surface area contributed by atoms with Gasteiger partial charge in [0.15, 0.2) is 0 Å². The van der Waals surface area contributed by atoms with Crippen LogP contribution in [0.3, 0.4) is 0 Å². The molecule has 3 aromatic carbocycles. The molecule has 4 rings (SSSR count). The fourth-order valence-electron chi connectivity index (χ4n) is 4.19. The van der Waals surface area contributed by atoms with Gasteiger partial charge in [-0.05, 0) is 72.4 Å². The maximum absolute atomic E-state index is 13.3. The minimum atomic E-state index is -0.223. The van der Waals surface area contributed by atoms with Gasteiger partial charge in [0.05, 0.1) is 0 Å². The van der Waals surface area contributed by atoms with Crippen LogP contribution in [0.15, 0.2) is 72.8 Å². The highest BCUT2D eigenvalue weighted by atomic mass is 35.5. The predicted octanol–water partition coefficient (Wildman–Crippen LogP) is 5.66. The standard InChI is InChI=1S/C26H27ClFN3O/c27-22-8-12-24(13-9-22)30-26(32)29-14-3-15-31-18-21-5-2-1-4-20(21)17-25(31)16-19-6-10-23(28)11-7-19/h1-2,4-13,25H,3,14-18H2,(H2,29,30,32). The van der Waals surface area contributed by atoms with E-state index in [1.165, 1.54) is 23.3 Å². The first-order chi connectivity index (χ1) is 15.6. The summed E-state index contributed by atoms with van der Waals surface area (Å²) in [6.45, 7) is 2.35. The summed E-state index contributed by atoms with van der Waals surface area (Å²) in [6, 6.07) is 22.5. The number of hydrogen-bond donors (Lipinski definition) is 2. The van der Waals surface area contributed by atoms with Crippen LogP contribution < -0.4 is 10.6 Å². The Bertz CT molecular complexity index is 1040. The van der Waals surface area contributed by atoms with Crippen molar-refractivity contribution in [3.63, 3.8) is 0 Å². The monoisotopic (exact) mass is 451 g/mol. The molecule has 0 radical (unpaired) electrons. The van der Waals surface area contributed by atoms with Crippen LogP contribution in [-0.2, 0) is 19.4 Å². The maximum atomic E-state index is 13.3. The third-order valence-corrected chi connectivity index (χ3v) is 6.11. The maximum Gasteiger partial charge on any atom is 0.319 e. The molecule has 32 heavy (non-hydrogen) atoms. The number of nitrogens with one attached hydrogen (secondary N) is 2. The second-order valence-electron chi connectivity index (χ2n) is 8.17. The van der Waals surface area contributed by atoms with E-state index in [1.807, 2.05) is 12.1 Å². The molecular weight excluding hydrogens is 425 g/mol. The molecule has 1 atom stereocenters. The zero-order valence-electron chi connectivity index (χ0n) is 17.9. The molecule has 0 aromatic heterocycles. The van der Waals surface area contributed by atoms with E-state index < -0.39 is 0 Å². The molecule has 4 nitrogen and oxygen atoms in total. The molecule has 0 saturated heterocycles. The van der Waals surface area contributed by atoms with E-state index in [9.17, 15) is 9.18 Å². The third kappa shape index (κ3) is 6.09. The largest absolute Gasteiger partial charge is 0.338 e. The lowest BCUT2D eigenvalue weighted by atomic mass is 9.90. The number of carbonyl (C=O) groups is 1. The van der Waals surface area contributed by atoms with Gasteiger partial charge in [-0.2, -0.15) is 0 Å². The minimum Gasteiger partial charge on any atom is -0.338 e. The average Bonchev–Trinajstić information content (AvgIpc) is 2.80. The number of fused-ring (bicyclic) bond motifs is 1. The molecule has 2 amide bonds. The fraction of sp³-hybridized carbons (Fsp3) is 0.269. The first-order valence-electron chi connectivity index (χ1n) is 10.9. The van der Waals surface area contributed by atoms with Crippen molar-refractivity contribution in [2.24, 2.45) is 0 Å². The van der Waals surface area contributed by atoms with E-state index in [2.05, 4.69) is 39.8 Å². The summed E-state index contributed by atoms with van der Waals surface area (Å²) in [5.74, 6) is -0.206. The summed E-state index contributed by atoms with van der Waals surface area (Å²) < 4.78 is 13.3. The summed E-state index contributed by atoms with van der Waals surface area (Å²) in [5, 5.41) is 6.37. The highest BCUT2D eigenvalue weighted by molar-refractivity contribution is 6.30. The Balaban J connectivity index is 1.31. The molecular formula is C26H27ClFN3O. The fourth-order valence-corrected chi connectivity index (χ4v) is 4.32. The molecule has 0 spiro atoms. The Morgan fingerprint density at radius 1 is 1.00 bits per heavy atom. The van der Waals surface area contributed by atoms with Gasteiger partial charge >= 0.3 is 6.03 Å². The third-order valence-electron chi connectivity index (χ3n) is 5.86. The van der Waals surface area contributed by atoms with Gasteiger partial charge < -0.3 is 10.6 Å². The van der Waals surface area contributed by atoms with Crippen LogP contribution >= 0.6 is 11.6 Å². The van der Waals surface area contributed by atoms with Gasteiger partial charge in [0.1, 0.15) is 5.82 Å². The van der Waals surface area contributed by atoms with E-state index in [-0.39, 0.29) is 11.8 Å². The second-order valence-corrected chi connectivity index (χ2v) is 8.61. The van der Waals surface area contributed by atoms with Gasteiger partial charge in [0.2, 0.25) is 0 Å². The molecule has 0 fully saturated rings. The Kier molecular flexibility index (Phi) is 7.40. The molecule has 1 unspecified atom stereocenters. The topological polar surface area (TPSA) is 44.4 Å². The Morgan fingerprint density at radius 3 is 2.47 bits per heavy atom. The molecule has 1 aliphatic heterocycles. The van der Waals surface area contributed by atoms with E-state index in [0.29, 0.717) is 23.3 Å². The number of nitrogens with zero attached hydrogens (tertiary/aromatic N) is 1. The van der Waals surface area contributed by atoms with Gasteiger partial charge in [-0.1, -0.05) is 48.0 Å². The van der Waals surface area contributed by atoms with Gasteiger partial charge in [-0.15, -0.1) is 0 Å². The highest BCUT2D eigenvalue weighted by Crippen LogP contribution is 2.25. The van der Waals surface area contributed by atoms with Gasteiger partial charge in [0.25, 0.3) is 0 Å². The lowest BCUT2D eigenvalue weighted by molar-refractivity contribution is 0.168. The van der Waals surface area contributed by atoms with E-state index >= 15 is 0 Å². The Morgan fingerprint density at radius 2 is 1.72 bits per heavy atom. The van der Waals surface area contributed by atoms with Crippen LogP contribution in [0.4, 0.5) is 14.9 Å². The lowest BCUT2D eigenvalue weighted by Crippen LogP contribution is -2.43. The zero-order valence-corrected chi connectivity index (χ0v) is 18.6. The Hall–Kier alpha value is -2.89. The van der Waals surface area contributed by atoms with Gasteiger partial charge in [0, 0.05) is 36.4 Å². The highest BCUT2D eigenvalue weighted by Gasteiger charge is 2.25. The molecule has 166 valence electrons. The lowest BCUT2D eigenvalue weighted by Gasteiger charge is -2.37. The van der Waals surface area contributed by atoms with E-state index in [4.69, 9.17) is 11.6 Å². The van der Waals surface area contributed by atoms with Crippen LogP contribution in [0, 0.1) is 5.82 Å². The van der Waals surface area contributed by atoms with Crippen molar-refractivity contribution in [2.75, 3.05) is 18.4 Å². The first kappa shape index (κ1) is 22.3. The van der Waals surface area contributed by atoms with Crippen LogP contribution in [-0.4, -0.2) is 30.1 Å². The van der Waals surface area contributed by atoms with Crippen LogP contribution in [0.1, 0.15) is 23.1 Å². The Labute approximate surface area is 193 Å². The van der Waals surface area contributed by atoms with Crippen molar-refractivity contribution < 1.29 is 9.18 Å². The molecule has 2 N–H and O–H groups in total. The van der Waals surface area contributed by atoms with Crippen molar-refractivity contribution in [3.8, 4) is 0 Å². The van der Waals surface area contributed by atoms with Crippen LogP contribution in [0.25, 0.3) is 0 Å². The van der Waals surface area contributed by atoms with Crippen molar-refractivity contribution in [3.05, 3.63) is 100 Å². The smallest absolute Gasteiger partial charge is 0.319 e. The number of hydrogen-bond acceptors (Lipinski definition) is 2. The molecule has 3 aromatic rings.